The standard InChI is InChI=1S/C11H23N3O/c1-11(2,8-12)10(15)13-6-7-14(3)9-4-5-9/h9H,4-8,12H2,1-3H3,(H,13,15). The van der Waals surface area contributed by atoms with E-state index in [2.05, 4.69) is 17.3 Å². The van der Waals surface area contributed by atoms with Gasteiger partial charge in [-0.25, -0.2) is 0 Å². The third-order valence-electron chi connectivity index (χ3n) is 3.05. The number of carbonyl (C=O) groups excluding carboxylic acids is 1. The number of hydrogen-bond donors (Lipinski definition) is 2. The van der Waals surface area contributed by atoms with Gasteiger partial charge in [0.1, 0.15) is 0 Å². The molecular formula is C11H23N3O. The van der Waals surface area contributed by atoms with Crippen LogP contribution in [-0.2, 0) is 4.79 Å². The first-order valence-electron chi connectivity index (χ1n) is 5.66. The highest BCUT2D eigenvalue weighted by Crippen LogP contribution is 2.24. The van der Waals surface area contributed by atoms with Crippen LogP contribution >= 0.6 is 0 Å². The lowest BCUT2D eigenvalue weighted by atomic mass is 9.93. The van der Waals surface area contributed by atoms with Gasteiger partial charge in [-0.05, 0) is 33.7 Å². The summed E-state index contributed by atoms with van der Waals surface area (Å²) in [6.07, 6.45) is 2.61. The summed E-state index contributed by atoms with van der Waals surface area (Å²) in [6.45, 7) is 5.77. The Morgan fingerprint density at radius 2 is 2.13 bits per heavy atom. The molecule has 0 bridgehead atoms. The van der Waals surface area contributed by atoms with Gasteiger partial charge < -0.3 is 16.0 Å². The second-order valence-corrected chi connectivity index (χ2v) is 5.06. The molecule has 0 aromatic carbocycles. The zero-order valence-corrected chi connectivity index (χ0v) is 10.0. The molecular weight excluding hydrogens is 190 g/mol. The number of nitrogens with zero attached hydrogens (tertiary/aromatic N) is 1. The Morgan fingerprint density at radius 3 is 2.60 bits per heavy atom. The number of nitrogens with one attached hydrogen (secondary N) is 1. The molecule has 1 fully saturated rings. The van der Waals surface area contributed by atoms with Gasteiger partial charge in [0, 0.05) is 25.7 Å². The number of rotatable bonds is 6. The average molecular weight is 213 g/mol. The molecule has 0 spiro atoms. The summed E-state index contributed by atoms with van der Waals surface area (Å²) in [4.78, 5) is 14.0. The molecule has 0 aliphatic heterocycles. The van der Waals surface area contributed by atoms with E-state index in [0.717, 1.165) is 19.1 Å². The van der Waals surface area contributed by atoms with Gasteiger partial charge in [-0.2, -0.15) is 0 Å². The van der Waals surface area contributed by atoms with Crippen molar-refractivity contribution in [3.63, 3.8) is 0 Å². The van der Waals surface area contributed by atoms with E-state index in [1.807, 2.05) is 13.8 Å². The first-order chi connectivity index (χ1) is 6.97. The van der Waals surface area contributed by atoms with Crippen LogP contribution in [0.15, 0.2) is 0 Å². The first-order valence-corrected chi connectivity index (χ1v) is 5.66. The number of nitrogens with two attached hydrogens (primary N) is 1. The Hall–Kier alpha value is -0.610. The van der Waals surface area contributed by atoms with Crippen LogP contribution in [0.2, 0.25) is 0 Å². The number of likely N-dealkylation sites (N-methyl/N-ethyl adjacent to an activating group) is 1. The van der Waals surface area contributed by atoms with Crippen molar-refractivity contribution < 1.29 is 4.79 Å². The molecule has 0 aromatic rings. The van der Waals surface area contributed by atoms with E-state index >= 15 is 0 Å². The Bertz CT molecular complexity index is 224. The van der Waals surface area contributed by atoms with Crippen LogP contribution in [-0.4, -0.2) is 43.5 Å². The van der Waals surface area contributed by atoms with Gasteiger partial charge in [-0.3, -0.25) is 4.79 Å². The van der Waals surface area contributed by atoms with Crippen LogP contribution in [0.1, 0.15) is 26.7 Å². The summed E-state index contributed by atoms with van der Waals surface area (Å²) in [6, 6.07) is 0.754. The van der Waals surface area contributed by atoms with E-state index in [1.165, 1.54) is 12.8 Å². The fourth-order valence-electron chi connectivity index (χ4n) is 1.38. The number of amides is 1. The van der Waals surface area contributed by atoms with Gasteiger partial charge in [0.2, 0.25) is 5.91 Å². The van der Waals surface area contributed by atoms with Crippen LogP contribution in [0, 0.1) is 5.41 Å². The Balaban J connectivity index is 2.16. The summed E-state index contributed by atoms with van der Waals surface area (Å²) in [5, 5.41) is 2.93. The van der Waals surface area contributed by atoms with E-state index in [1.54, 1.807) is 0 Å². The Morgan fingerprint density at radius 1 is 1.53 bits per heavy atom. The molecule has 1 rings (SSSR count). The molecule has 1 amide bonds. The molecule has 1 aliphatic rings. The maximum atomic E-state index is 11.7. The minimum atomic E-state index is -0.446. The molecule has 1 saturated carbocycles. The van der Waals surface area contributed by atoms with Crippen LogP contribution in [0.4, 0.5) is 0 Å². The molecule has 15 heavy (non-hydrogen) atoms. The van der Waals surface area contributed by atoms with E-state index in [0.29, 0.717) is 6.54 Å². The van der Waals surface area contributed by atoms with Crippen molar-refractivity contribution in [3.05, 3.63) is 0 Å². The molecule has 0 atom stereocenters. The first kappa shape index (κ1) is 12.5. The zero-order chi connectivity index (χ0) is 11.5. The van der Waals surface area contributed by atoms with E-state index in [4.69, 9.17) is 5.73 Å². The summed E-state index contributed by atoms with van der Waals surface area (Å²) >= 11 is 0. The van der Waals surface area contributed by atoms with Gasteiger partial charge in [0.15, 0.2) is 0 Å². The maximum absolute atomic E-state index is 11.7. The molecule has 4 nitrogen and oxygen atoms in total. The fourth-order valence-corrected chi connectivity index (χ4v) is 1.38. The van der Waals surface area contributed by atoms with Gasteiger partial charge in [-0.1, -0.05) is 0 Å². The van der Waals surface area contributed by atoms with Crippen molar-refractivity contribution in [1.82, 2.24) is 10.2 Å². The third kappa shape index (κ3) is 3.80. The topological polar surface area (TPSA) is 58.4 Å². The minimum Gasteiger partial charge on any atom is -0.354 e. The molecule has 0 heterocycles. The van der Waals surface area contributed by atoms with E-state index < -0.39 is 5.41 Å². The lowest BCUT2D eigenvalue weighted by Gasteiger charge is -2.22. The summed E-state index contributed by atoms with van der Waals surface area (Å²) in [7, 11) is 2.11. The van der Waals surface area contributed by atoms with Crippen molar-refractivity contribution >= 4 is 5.91 Å². The quantitative estimate of drug-likeness (QED) is 0.662. The predicted octanol–water partition coefficient (Wildman–Crippen LogP) is 0.182. The van der Waals surface area contributed by atoms with Crippen molar-refractivity contribution in [2.24, 2.45) is 11.1 Å². The smallest absolute Gasteiger partial charge is 0.226 e. The number of carbonyl (C=O) groups is 1. The second kappa shape index (κ2) is 4.94. The summed E-state index contributed by atoms with van der Waals surface area (Å²) in [5.41, 5.74) is 5.08. The molecule has 0 unspecified atom stereocenters. The largest absolute Gasteiger partial charge is 0.354 e. The summed E-state index contributed by atoms with van der Waals surface area (Å²) < 4.78 is 0. The summed E-state index contributed by atoms with van der Waals surface area (Å²) in [5.74, 6) is 0.0502. The highest BCUT2D eigenvalue weighted by Gasteiger charge is 2.27. The maximum Gasteiger partial charge on any atom is 0.226 e. The normalized spacial score (nSPS) is 16.9. The van der Waals surface area contributed by atoms with Crippen LogP contribution in [0.3, 0.4) is 0 Å². The monoisotopic (exact) mass is 213 g/mol. The van der Waals surface area contributed by atoms with Gasteiger partial charge >= 0.3 is 0 Å². The fraction of sp³-hybridized carbons (Fsp3) is 0.909. The van der Waals surface area contributed by atoms with Gasteiger partial charge in [0.25, 0.3) is 0 Å². The molecule has 1 aliphatic carbocycles. The van der Waals surface area contributed by atoms with Crippen molar-refractivity contribution in [2.45, 2.75) is 32.7 Å². The highest BCUT2D eigenvalue weighted by molar-refractivity contribution is 5.81. The van der Waals surface area contributed by atoms with E-state index in [-0.39, 0.29) is 5.91 Å². The third-order valence-corrected chi connectivity index (χ3v) is 3.05. The molecule has 0 aromatic heterocycles. The lowest BCUT2D eigenvalue weighted by molar-refractivity contribution is -0.128. The SMILES string of the molecule is CN(CCNC(=O)C(C)(C)CN)C1CC1. The average Bonchev–Trinajstić information content (AvgIpc) is 3.00. The number of hydrogen-bond acceptors (Lipinski definition) is 3. The molecule has 4 heteroatoms. The van der Waals surface area contributed by atoms with Crippen molar-refractivity contribution in [1.29, 1.82) is 0 Å². The Kier molecular flexibility index (Phi) is 4.11. The van der Waals surface area contributed by atoms with Gasteiger partial charge in [0.05, 0.1) is 5.41 Å². The minimum absolute atomic E-state index is 0.0502. The molecule has 88 valence electrons. The second-order valence-electron chi connectivity index (χ2n) is 5.06. The lowest BCUT2D eigenvalue weighted by Crippen LogP contribution is -2.44. The zero-order valence-electron chi connectivity index (χ0n) is 10.0. The van der Waals surface area contributed by atoms with Crippen molar-refractivity contribution in [2.75, 3.05) is 26.7 Å². The van der Waals surface area contributed by atoms with Crippen molar-refractivity contribution in [3.8, 4) is 0 Å². The molecule has 0 saturated heterocycles. The highest BCUT2D eigenvalue weighted by atomic mass is 16.2. The predicted molar refractivity (Wildman–Crippen MR) is 61.5 cm³/mol. The van der Waals surface area contributed by atoms with Crippen LogP contribution < -0.4 is 11.1 Å². The van der Waals surface area contributed by atoms with Gasteiger partial charge in [-0.15, -0.1) is 0 Å². The molecule has 0 radical (unpaired) electrons. The molecule has 3 N–H and O–H groups in total. The van der Waals surface area contributed by atoms with Crippen LogP contribution in [0.25, 0.3) is 0 Å². The van der Waals surface area contributed by atoms with E-state index in [9.17, 15) is 4.79 Å². The Labute approximate surface area is 92.2 Å². The van der Waals surface area contributed by atoms with Crippen LogP contribution in [0.5, 0.6) is 0 Å².